The molecule has 0 aliphatic carbocycles. The molecule has 0 heterocycles. The molecule has 0 radical (unpaired) electrons. The zero-order valence-electron chi connectivity index (χ0n) is 10.5. The van der Waals surface area contributed by atoms with Crippen molar-refractivity contribution in [3.8, 4) is 5.75 Å². The maximum absolute atomic E-state index is 11.9. The predicted molar refractivity (Wildman–Crippen MR) is 69.1 cm³/mol. The molecule has 1 aromatic carbocycles. The second kappa shape index (κ2) is 8.07. The van der Waals surface area contributed by atoms with Crippen LogP contribution in [0.1, 0.15) is 31.7 Å². The highest BCUT2D eigenvalue weighted by Crippen LogP contribution is 2.11. The number of alkyl halides is 1. The number of hydrogen-bond donors (Lipinski definition) is 2. The minimum absolute atomic E-state index is 0.205. The van der Waals surface area contributed by atoms with E-state index in [2.05, 4.69) is 12.2 Å². The minimum atomic E-state index is -0.205. The lowest BCUT2D eigenvalue weighted by molar-refractivity contribution is 0.445. The molecule has 1 aromatic rings. The van der Waals surface area contributed by atoms with Crippen LogP contribution in [0.2, 0.25) is 0 Å². The van der Waals surface area contributed by atoms with Gasteiger partial charge < -0.3 is 10.4 Å². The molecule has 1 unspecified atom stereocenters. The Kier molecular flexibility index (Phi) is 6.63. The zero-order valence-corrected chi connectivity index (χ0v) is 10.5. The molecule has 0 fully saturated rings. The summed E-state index contributed by atoms with van der Waals surface area (Å²) in [6, 6.07) is 7.71. The van der Waals surface area contributed by atoms with Crippen LogP contribution in [0.3, 0.4) is 0 Å². The molecule has 0 saturated heterocycles. The lowest BCUT2D eigenvalue weighted by Crippen LogP contribution is -2.28. The molecule has 0 aliphatic heterocycles. The van der Waals surface area contributed by atoms with E-state index in [9.17, 15) is 4.39 Å². The van der Waals surface area contributed by atoms with E-state index in [0.717, 1.165) is 25.8 Å². The van der Waals surface area contributed by atoms with E-state index >= 15 is 0 Å². The molecule has 2 nitrogen and oxygen atoms in total. The molecule has 3 heteroatoms. The summed E-state index contributed by atoms with van der Waals surface area (Å²) in [5, 5.41) is 12.6. The molecule has 0 amide bonds. The van der Waals surface area contributed by atoms with Gasteiger partial charge >= 0.3 is 0 Å². The third kappa shape index (κ3) is 6.27. The Hall–Kier alpha value is -1.09. The zero-order chi connectivity index (χ0) is 12.5. The molecule has 0 saturated carbocycles. The first kappa shape index (κ1) is 14.0. The molecule has 96 valence electrons. The fourth-order valence-electron chi connectivity index (χ4n) is 1.80. The van der Waals surface area contributed by atoms with Gasteiger partial charge in [-0.2, -0.15) is 0 Å². The smallest absolute Gasteiger partial charge is 0.115 e. The monoisotopic (exact) mass is 239 g/mol. The van der Waals surface area contributed by atoms with Crippen LogP contribution >= 0.6 is 0 Å². The average Bonchev–Trinajstić information content (AvgIpc) is 2.32. The first-order chi connectivity index (χ1) is 8.22. The number of unbranched alkanes of at least 4 members (excludes halogenated alkanes) is 2. The van der Waals surface area contributed by atoms with Crippen molar-refractivity contribution in [3.05, 3.63) is 29.8 Å². The first-order valence-corrected chi connectivity index (χ1v) is 6.29. The standard InChI is InChI=1S/C14H22FNO/c1-12(16-10-4-2-3-9-15)11-13-5-7-14(17)8-6-13/h5-8,12,16-17H,2-4,9-11H2,1H3. The summed E-state index contributed by atoms with van der Waals surface area (Å²) < 4.78 is 11.9. The maximum Gasteiger partial charge on any atom is 0.115 e. The van der Waals surface area contributed by atoms with Crippen LogP contribution in [-0.4, -0.2) is 24.4 Å². The van der Waals surface area contributed by atoms with E-state index < -0.39 is 0 Å². The summed E-state index contributed by atoms with van der Waals surface area (Å²) in [4.78, 5) is 0. The lowest BCUT2D eigenvalue weighted by Gasteiger charge is -2.13. The third-order valence-electron chi connectivity index (χ3n) is 2.78. The van der Waals surface area contributed by atoms with Crippen molar-refractivity contribution in [3.63, 3.8) is 0 Å². The van der Waals surface area contributed by atoms with Crippen molar-refractivity contribution in [2.75, 3.05) is 13.2 Å². The second-order valence-electron chi connectivity index (χ2n) is 4.48. The first-order valence-electron chi connectivity index (χ1n) is 6.29. The van der Waals surface area contributed by atoms with E-state index in [0.29, 0.717) is 18.2 Å². The van der Waals surface area contributed by atoms with E-state index in [1.807, 2.05) is 12.1 Å². The van der Waals surface area contributed by atoms with E-state index in [1.54, 1.807) is 12.1 Å². The summed E-state index contributed by atoms with van der Waals surface area (Å²) in [5.74, 6) is 0.306. The van der Waals surface area contributed by atoms with Crippen molar-refractivity contribution in [2.45, 2.75) is 38.6 Å². The van der Waals surface area contributed by atoms with Crippen molar-refractivity contribution in [2.24, 2.45) is 0 Å². The van der Waals surface area contributed by atoms with Crippen molar-refractivity contribution < 1.29 is 9.50 Å². The minimum Gasteiger partial charge on any atom is -0.508 e. The highest BCUT2D eigenvalue weighted by molar-refractivity contribution is 5.26. The van der Waals surface area contributed by atoms with Crippen LogP contribution in [0, 0.1) is 0 Å². The number of hydrogen-bond acceptors (Lipinski definition) is 2. The molecule has 2 N–H and O–H groups in total. The van der Waals surface area contributed by atoms with Crippen molar-refractivity contribution >= 4 is 0 Å². The molecule has 0 aromatic heterocycles. The van der Waals surface area contributed by atoms with Gasteiger partial charge in [0, 0.05) is 6.04 Å². The van der Waals surface area contributed by atoms with Gasteiger partial charge in [0.05, 0.1) is 6.67 Å². The summed E-state index contributed by atoms with van der Waals surface area (Å²) in [6.45, 7) is 2.88. The van der Waals surface area contributed by atoms with E-state index in [4.69, 9.17) is 5.11 Å². The van der Waals surface area contributed by atoms with Gasteiger partial charge in [0.2, 0.25) is 0 Å². The SMILES string of the molecule is CC(Cc1ccc(O)cc1)NCCCCCF. The topological polar surface area (TPSA) is 32.3 Å². The van der Waals surface area contributed by atoms with Gasteiger partial charge in [-0.25, -0.2) is 0 Å². The molecular formula is C14H22FNO. The molecule has 0 aliphatic rings. The van der Waals surface area contributed by atoms with Crippen LogP contribution in [-0.2, 0) is 6.42 Å². The number of nitrogens with one attached hydrogen (secondary N) is 1. The third-order valence-corrected chi connectivity index (χ3v) is 2.78. The highest BCUT2D eigenvalue weighted by atomic mass is 19.1. The molecule has 1 rings (SSSR count). The lowest BCUT2D eigenvalue weighted by atomic mass is 10.1. The number of phenols is 1. The van der Waals surface area contributed by atoms with Crippen molar-refractivity contribution in [1.82, 2.24) is 5.32 Å². The van der Waals surface area contributed by atoms with E-state index in [-0.39, 0.29) is 6.67 Å². The Balaban J connectivity index is 2.16. The van der Waals surface area contributed by atoms with Gasteiger partial charge in [-0.1, -0.05) is 12.1 Å². The summed E-state index contributed by atoms with van der Waals surface area (Å²) in [6.07, 6.45) is 3.61. The summed E-state index contributed by atoms with van der Waals surface area (Å²) in [5.41, 5.74) is 1.21. The van der Waals surface area contributed by atoms with Crippen LogP contribution in [0.5, 0.6) is 5.75 Å². The maximum atomic E-state index is 11.9. The van der Waals surface area contributed by atoms with Gasteiger partial charge in [0.25, 0.3) is 0 Å². The van der Waals surface area contributed by atoms with Crippen LogP contribution in [0.4, 0.5) is 4.39 Å². The van der Waals surface area contributed by atoms with Gasteiger partial charge in [-0.15, -0.1) is 0 Å². The predicted octanol–water partition coefficient (Wildman–Crippen LogP) is 3.05. The quantitative estimate of drug-likeness (QED) is 0.683. The fraction of sp³-hybridized carbons (Fsp3) is 0.571. The Labute approximate surface area is 103 Å². The number of rotatable bonds is 8. The largest absolute Gasteiger partial charge is 0.508 e. The van der Waals surface area contributed by atoms with Crippen LogP contribution < -0.4 is 5.32 Å². The van der Waals surface area contributed by atoms with Gasteiger partial charge in [0.15, 0.2) is 0 Å². The fourth-order valence-corrected chi connectivity index (χ4v) is 1.80. The number of aromatic hydroxyl groups is 1. The molecule has 17 heavy (non-hydrogen) atoms. The Morgan fingerprint density at radius 3 is 2.53 bits per heavy atom. The van der Waals surface area contributed by atoms with Crippen molar-refractivity contribution in [1.29, 1.82) is 0 Å². The van der Waals surface area contributed by atoms with Crippen LogP contribution in [0.15, 0.2) is 24.3 Å². The highest BCUT2D eigenvalue weighted by Gasteiger charge is 2.02. The molecule has 1 atom stereocenters. The number of benzene rings is 1. The molecule has 0 spiro atoms. The Bertz CT molecular complexity index is 300. The van der Waals surface area contributed by atoms with Gasteiger partial charge in [-0.05, 0) is 56.8 Å². The van der Waals surface area contributed by atoms with E-state index in [1.165, 1.54) is 5.56 Å². The molecule has 0 bridgehead atoms. The average molecular weight is 239 g/mol. The second-order valence-corrected chi connectivity index (χ2v) is 4.48. The number of phenolic OH excluding ortho intramolecular Hbond substituents is 1. The van der Waals surface area contributed by atoms with Crippen LogP contribution in [0.25, 0.3) is 0 Å². The summed E-state index contributed by atoms with van der Waals surface area (Å²) >= 11 is 0. The molecular weight excluding hydrogens is 217 g/mol. The normalized spacial score (nSPS) is 12.6. The Morgan fingerprint density at radius 2 is 1.88 bits per heavy atom. The summed E-state index contributed by atoms with van der Waals surface area (Å²) in [7, 11) is 0. The van der Waals surface area contributed by atoms with Gasteiger partial charge in [0.1, 0.15) is 5.75 Å². The number of halogens is 1. The van der Waals surface area contributed by atoms with Gasteiger partial charge in [-0.3, -0.25) is 4.39 Å². The Morgan fingerprint density at radius 1 is 1.18 bits per heavy atom.